The molecule has 2 atom stereocenters. The molecule has 4 rings (SSSR count). The molecule has 1 aromatic carbocycles. The van der Waals surface area contributed by atoms with E-state index in [1.165, 1.54) is 12.1 Å². The van der Waals surface area contributed by atoms with Crippen LogP contribution in [0, 0.1) is 6.92 Å². The highest BCUT2D eigenvalue weighted by atomic mass is 16.5. The average molecular weight is 386 g/mol. The lowest BCUT2D eigenvalue weighted by atomic mass is 9.77. The lowest BCUT2D eigenvalue weighted by Crippen LogP contribution is -2.43. The predicted molar refractivity (Wildman–Crippen MR) is 97.5 cm³/mol. The summed E-state index contributed by atoms with van der Waals surface area (Å²) in [5, 5.41) is 41.0. The molecule has 28 heavy (non-hydrogen) atoms. The summed E-state index contributed by atoms with van der Waals surface area (Å²) in [4.78, 5) is 24.9. The Balaban J connectivity index is 1.95. The first-order valence-corrected chi connectivity index (χ1v) is 8.69. The van der Waals surface area contributed by atoms with Crippen molar-refractivity contribution in [2.45, 2.75) is 37.9 Å². The standard InChI is InChI=1S/C20H18O8/c1-9-2-10(21)4-14-17(9)19(25)18-15(28-14)5-12(23)7-20(18,26)8-13-3-11(22)6-16(24)27-13/h2-4,6,12,21,23-24,26H,5,7-8H2,1H3/t12-,20+/m0/s1. The third-order valence-corrected chi connectivity index (χ3v) is 4.98. The van der Waals surface area contributed by atoms with Crippen LogP contribution < -0.4 is 10.9 Å². The van der Waals surface area contributed by atoms with Crippen LogP contribution >= 0.6 is 0 Å². The molecule has 0 bridgehead atoms. The Bertz CT molecular complexity index is 1210. The van der Waals surface area contributed by atoms with E-state index in [0.29, 0.717) is 5.56 Å². The fraction of sp³-hybridized carbons (Fsp3) is 0.300. The minimum Gasteiger partial charge on any atom is -0.508 e. The number of aliphatic hydroxyl groups is 2. The smallest absolute Gasteiger partial charge is 0.285 e. The molecule has 0 amide bonds. The number of aryl methyl sites for hydroxylation is 1. The SMILES string of the molecule is Cc1cc(O)cc2oc3c(c(=O)c12)[C@](O)(Cc1cc(=O)cc(O)o1)C[C@@H](O)C3. The molecule has 0 saturated heterocycles. The molecule has 2 aromatic heterocycles. The first-order chi connectivity index (χ1) is 13.2. The quantitative estimate of drug-likeness (QED) is 0.515. The molecule has 0 radical (unpaired) electrons. The van der Waals surface area contributed by atoms with Gasteiger partial charge in [-0.2, -0.15) is 0 Å². The number of rotatable bonds is 2. The minimum atomic E-state index is -1.87. The zero-order chi connectivity index (χ0) is 20.2. The van der Waals surface area contributed by atoms with Gasteiger partial charge in [-0.3, -0.25) is 9.59 Å². The zero-order valence-electron chi connectivity index (χ0n) is 14.9. The van der Waals surface area contributed by atoms with E-state index in [9.17, 15) is 30.0 Å². The van der Waals surface area contributed by atoms with Gasteiger partial charge in [-0.05, 0) is 18.6 Å². The first kappa shape index (κ1) is 18.3. The van der Waals surface area contributed by atoms with E-state index in [-0.39, 0.29) is 53.1 Å². The second kappa shape index (κ2) is 6.22. The van der Waals surface area contributed by atoms with Crippen LogP contribution in [0.25, 0.3) is 11.0 Å². The monoisotopic (exact) mass is 386 g/mol. The molecule has 0 aliphatic heterocycles. The molecule has 1 aliphatic carbocycles. The number of aliphatic hydroxyl groups excluding tert-OH is 1. The number of aromatic hydroxyl groups is 2. The van der Waals surface area contributed by atoms with Crippen LogP contribution in [0.5, 0.6) is 11.7 Å². The van der Waals surface area contributed by atoms with Gasteiger partial charge in [0.2, 0.25) is 0 Å². The summed E-state index contributed by atoms with van der Waals surface area (Å²) in [6.45, 7) is 1.64. The van der Waals surface area contributed by atoms with Gasteiger partial charge in [-0.1, -0.05) is 0 Å². The van der Waals surface area contributed by atoms with E-state index >= 15 is 0 Å². The molecule has 0 unspecified atom stereocenters. The van der Waals surface area contributed by atoms with E-state index in [0.717, 1.165) is 12.1 Å². The maximum atomic E-state index is 13.2. The van der Waals surface area contributed by atoms with E-state index < -0.39 is 28.5 Å². The summed E-state index contributed by atoms with van der Waals surface area (Å²) in [5.41, 5.74) is -2.26. The van der Waals surface area contributed by atoms with E-state index in [1.54, 1.807) is 6.92 Å². The largest absolute Gasteiger partial charge is 0.508 e. The molecule has 2 heterocycles. The van der Waals surface area contributed by atoms with Gasteiger partial charge in [0.1, 0.15) is 28.5 Å². The highest BCUT2D eigenvalue weighted by Crippen LogP contribution is 2.38. The van der Waals surface area contributed by atoms with Gasteiger partial charge < -0.3 is 29.3 Å². The van der Waals surface area contributed by atoms with Gasteiger partial charge in [0, 0.05) is 31.4 Å². The molecule has 4 N–H and O–H groups in total. The van der Waals surface area contributed by atoms with Crippen molar-refractivity contribution in [2.75, 3.05) is 0 Å². The van der Waals surface area contributed by atoms with Crippen molar-refractivity contribution in [3.63, 3.8) is 0 Å². The number of hydrogen-bond donors (Lipinski definition) is 4. The summed E-state index contributed by atoms with van der Waals surface area (Å²) in [7, 11) is 0. The van der Waals surface area contributed by atoms with Crippen molar-refractivity contribution in [3.8, 4) is 11.7 Å². The zero-order valence-corrected chi connectivity index (χ0v) is 14.9. The van der Waals surface area contributed by atoms with Crippen LogP contribution in [-0.4, -0.2) is 26.5 Å². The molecule has 1 aliphatic rings. The third kappa shape index (κ3) is 2.96. The molecule has 8 heteroatoms. The topological polar surface area (TPSA) is 141 Å². The number of phenolic OH excluding ortho intramolecular Hbond substituents is 1. The first-order valence-electron chi connectivity index (χ1n) is 8.69. The molecule has 3 aromatic rings. The van der Waals surface area contributed by atoms with Crippen molar-refractivity contribution in [1.29, 1.82) is 0 Å². The van der Waals surface area contributed by atoms with Crippen molar-refractivity contribution >= 4 is 11.0 Å². The lowest BCUT2D eigenvalue weighted by Gasteiger charge is -2.35. The highest BCUT2D eigenvalue weighted by molar-refractivity contribution is 5.82. The Morgan fingerprint density at radius 3 is 2.61 bits per heavy atom. The van der Waals surface area contributed by atoms with Crippen LogP contribution in [0.3, 0.4) is 0 Å². The van der Waals surface area contributed by atoms with E-state index in [4.69, 9.17) is 8.83 Å². The molecule has 0 fully saturated rings. The van der Waals surface area contributed by atoms with Crippen LogP contribution in [0.2, 0.25) is 0 Å². The molecule has 8 nitrogen and oxygen atoms in total. The highest BCUT2D eigenvalue weighted by Gasteiger charge is 2.43. The molecular formula is C20H18O8. The summed E-state index contributed by atoms with van der Waals surface area (Å²) in [6, 6.07) is 4.70. The average Bonchev–Trinajstić information content (AvgIpc) is 2.51. The Kier molecular flexibility index (Phi) is 4.06. The van der Waals surface area contributed by atoms with E-state index in [1.807, 2.05) is 0 Å². The minimum absolute atomic E-state index is 0.0154. The summed E-state index contributed by atoms with van der Waals surface area (Å²) >= 11 is 0. The van der Waals surface area contributed by atoms with Gasteiger partial charge in [-0.25, -0.2) is 0 Å². The van der Waals surface area contributed by atoms with Crippen LogP contribution in [0.15, 0.2) is 42.7 Å². The molecule has 146 valence electrons. The third-order valence-electron chi connectivity index (χ3n) is 4.98. The fourth-order valence-corrected chi connectivity index (χ4v) is 3.99. The summed E-state index contributed by atoms with van der Waals surface area (Å²) < 4.78 is 10.8. The summed E-state index contributed by atoms with van der Waals surface area (Å²) in [6.07, 6.45) is -1.47. The Labute approximate surface area is 157 Å². The van der Waals surface area contributed by atoms with Crippen LogP contribution in [0.4, 0.5) is 0 Å². The van der Waals surface area contributed by atoms with Gasteiger partial charge in [0.05, 0.1) is 23.1 Å². The second-order valence-electron chi connectivity index (χ2n) is 7.23. The number of phenols is 1. The van der Waals surface area contributed by atoms with Gasteiger partial charge in [-0.15, -0.1) is 0 Å². The maximum Gasteiger partial charge on any atom is 0.285 e. The molecule has 0 saturated carbocycles. The molecule has 0 spiro atoms. The summed E-state index contributed by atoms with van der Waals surface area (Å²) in [5.74, 6) is -0.610. The fourth-order valence-electron chi connectivity index (χ4n) is 3.99. The Morgan fingerprint density at radius 1 is 1.14 bits per heavy atom. The van der Waals surface area contributed by atoms with Crippen molar-refractivity contribution in [1.82, 2.24) is 0 Å². The van der Waals surface area contributed by atoms with E-state index in [2.05, 4.69) is 0 Å². The van der Waals surface area contributed by atoms with Crippen molar-refractivity contribution in [3.05, 3.63) is 67.4 Å². The molecular weight excluding hydrogens is 368 g/mol. The van der Waals surface area contributed by atoms with Crippen molar-refractivity contribution < 1.29 is 29.3 Å². The van der Waals surface area contributed by atoms with Crippen LogP contribution in [0.1, 0.15) is 29.1 Å². The number of fused-ring (bicyclic) bond motifs is 2. The van der Waals surface area contributed by atoms with Gasteiger partial charge in [0.15, 0.2) is 10.9 Å². The maximum absolute atomic E-state index is 13.2. The number of hydrogen-bond acceptors (Lipinski definition) is 8. The Hall–Kier alpha value is -3.10. The van der Waals surface area contributed by atoms with Crippen LogP contribution in [-0.2, 0) is 18.4 Å². The number of benzene rings is 1. The lowest BCUT2D eigenvalue weighted by molar-refractivity contribution is -0.0346. The predicted octanol–water partition coefficient (Wildman–Crippen LogP) is 1.20. The normalized spacial score (nSPS) is 21.6. The Morgan fingerprint density at radius 2 is 1.89 bits per heavy atom. The second-order valence-corrected chi connectivity index (χ2v) is 7.23. The van der Waals surface area contributed by atoms with Gasteiger partial charge in [0.25, 0.3) is 5.95 Å². The van der Waals surface area contributed by atoms with Gasteiger partial charge >= 0.3 is 0 Å². The van der Waals surface area contributed by atoms with Crippen molar-refractivity contribution in [2.24, 2.45) is 0 Å².